The number of hydrogen-bond donors (Lipinski definition) is 0. The molecule has 15 heteroatoms. The van der Waals surface area contributed by atoms with Crippen LogP contribution in [0.4, 0.5) is 4.39 Å². The van der Waals surface area contributed by atoms with E-state index in [1.165, 1.54) is 12.5 Å². The lowest BCUT2D eigenvalue weighted by atomic mass is 10.1. The Morgan fingerprint density at radius 1 is 0.971 bits per heavy atom. The predicted molar refractivity (Wildman–Crippen MR) is 142 cm³/mol. The Labute approximate surface area is 210 Å². The zero-order chi connectivity index (χ0) is 27.1. The number of ether oxygens (including phenoxy) is 1. The van der Waals surface area contributed by atoms with Crippen LogP contribution in [-0.2, 0) is 27.7 Å². The first kappa shape index (κ1) is 30.3. The Morgan fingerprint density at radius 3 is 1.94 bits per heavy atom. The van der Waals surface area contributed by atoms with Crippen molar-refractivity contribution in [3.05, 3.63) is 32.9 Å². The van der Waals surface area contributed by atoms with E-state index in [1.807, 2.05) is 58.9 Å². The molecule has 35 heavy (non-hydrogen) atoms. The molecule has 2 rings (SSSR count). The zero-order valence-electron chi connectivity index (χ0n) is 22.6. The third kappa shape index (κ3) is 8.84. The molecule has 0 unspecified atom stereocenters. The molecule has 1 aliphatic rings. The smallest absolute Gasteiger partial charge is 0.355 e. The summed E-state index contributed by atoms with van der Waals surface area (Å²) in [5, 5.41) is 0. The second-order valence-electron chi connectivity index (χ2n) is 11.9. The Bertz CT molecular complexity index is 1150. The fraction of sp³-hybridized carbons (Fsp3) is 0.800. The van der Waals surface area contributed by atoms with Crippen LogP contribution in [0.1, 0.15) is 6.23 Å². The van der Waals surface area contributed by atoms with E-state index < -0.39 is 76.3 Å². The summed E-state index contributed by atoms with van der Waals surface area (Å²) >= 11 is 0. The number of hydrogen-bond acceptors (Lipinski definition) is 8. The molecule has 202 valence electrons. The van der Waals surface area contributed by atoms with Crippen LogP contribution in [0.3, 0.4) is 0 Å². The van der Waals surface area contributed by atoms with Gasteiger partial charge in [-0.1, -0.05) is 0 Å². The van der Waals surface area contributed by atoms with Gasteiger partial charge in [-0.2, -0.15) is 4.39 Å². The third-order valence-electron chi connectivity index (χ3n) is 4.55. The molecule has 1 aliphatic heterocycles. The first-order valence-electron chi connectivity index (χ1n) is 11.4. The summed E-state index contributed by atoms with van der Waals surface area (Å²) in [4.78, 5) is 25.6. The van der Waals surface area contributed by atoms with Crippen LogP contribution in [0.2, 0.25) is 58.9 Å². The van der Waals surface area contributed by atoms with E-state index in [0.717, 1.165) is 10.8 Å². The summed E-state index contributed by atoms with van der Waals surface area (Å²) in [7, 11) is -9.20. The van der Waals surface area contributed by atoms with E-state index >= 15 is 0 Å². The van der Waals surface area contributed by atoms with Crippen molar-refractivity contribution >= 4 is 34.7 Å². The highest BCUT2D eigenvalue weighted by Gasteiger charge is 2.50. The van der Waals surface area contributed by atoms with Crippen molar-refractivity contribution in [1.29, 1.82) is 0 Å². The molecule has 4 atom stereocenters. The topological polar surface area (TPSA) is 110 Å². The van der Waals surface area contributed by atoms with Crippen molar-refractivity contribution in [2.75, 3.05) is 19.1 Å². The molecule has 0 saturated carbocycles. The third-order valence-corrected chi connectivity index (χ3v) is 8.10. The number of nitrogens with zero attached hydrogens (tertiary/aromatic N) is 3. The van der Waals surface area contributed by atoms with Gasteiger partial charge in [-0.25, -0.2) is 9.00 Å². The van der Waals surface area contributed by atoms with Crippen molar-refractivity contribution in [3.63, 3.8) is 0 Å². The largest absolute Gasteiger partial charge is 0.415 e. The molecule has 1 saturated heterocycles. The SMILES string of the molecule is C[Si](C)(C)OC[C@H]1O[C@@H](n2cc(F)c(=O)n(N=S(C)(C)=O)c2=O)[C@H](O[Si](C)(C)C)[C@@H]1O[Si](C)(C)C. The Hall–Kier alpha value is -0.949. The summed E-state index contributed by atoms with van der Waals surface area (Å²) < 4.78 is 57.2. The summed E-state index contributed by atoms with van der Waals surface area (Å²) in [6, 6.07) is 0. The van der Waals surface area contributed by atoms with Gasteiger partial charge in [0.1, 0.15) is 18.3 Å². The zero-order valence-corrected chi connectivity index (χ0v) is 26.4. The first-order chi connectivity index (χ1) is 15.6. The quantitative estimate of drug-likeness (QED) is 0.421. The minimum atomic E-state index is -2.93. The van der Waals surface area contributed by atoms with Crippen LogP contribution in [-0.4, -0.2) is 75.8 Å². The molecule has 0 bridgehead atoms. The van der Waals surface area contributed by atoms with Gasteiger partial charge in [-0.05, 0) is 58.9 Å². The molecular weight excluding hydrogens is 530 g/mol. The van der Waals surface area contributed by atoms with Crippen molar-refractivity contribution < 1.29 is 26.6 Å². The number of aromatic nitrogens is 2. The fourth-order valence-electron chi connectivity index (χ4n) is 3.46. The highest BCUT2D eigenvalue weighted by Crippen LogP contribution is 2.36. The van der Waals surface area contributed by atoms with Gasteiger partial charge in [0, 0.05) is 12.5 Å². The lowest BCUT2D eigenvalue weighted by molar-refractivity contribution is -0.0506. The molecule has 10 nitrogen and oxygen atoms in total. The Morgan fingerprint density at radius 2 is 1.49 bits per heavy atom. The van der Waals surface area contributed by atoms with E-state index in [9.17, 15) is 18.2 Å². The molecule has 0 aromatic carbocycles. The Kier molecular flexibility index (Phi) is 9.02. The highest BCUT2D eigenvalue weighted by atomic mass is 32.2. The molecule has 0 N–H and O–H groups in total. The molecular formula is C20H40FN3O7SSi3. The van der Waals surface area contributed by atoms with E-state index in [-0.39, 0.29) is 6.61 Å². The van der Waals surface area contributed by atoms with Crippen LogP contribution in [0.15, 0.2) is 20.3 Å². The van der Waals surface area contributed by atoms with Gasteiger partial charge >= 0.3 is 11.2 Å². The molecule has 1 aromatic heterocycles. The predicted octanol–water partition coefficient (Wildman–Crippen LogP) is 2.83. The molecule has 2 heterocycles. The highest BCUT2D eigenvalue weighted by molar-refractivity contribution is 7.92. The second kappa shape index (κ2) is 10.4. The summed E-state index contributed by atoms with van der Waals surface area (Å²) in [6.07, 6.45) is 0.254. The van der Waals surface area contributed by atoms with Gasteiger partial charge in [0.25, 0.3) is 0 Å². The summed E-state index contributed by atoms with van der Waals surface area (Å²) in [5.74, 6) is -1.23. The monoisotopic (exact) mass is 569 g/mol. The minimum Gasteiger partial charge on any atom is -0.415 e. The summed E-state index contributed by atoms with van der Waals surface area (Å²) in [5.41, 5.74) is -2.25. The van der Waals surface area contributed by atoms with Crippen LogP contribution in [0.5, 0.6) is 0 Å². The van der Waals surface area contributed by atoms with E-state index in [2.05, 4.69) is 4.47 Å². The van der Waals surface area contributed by atoms with Crippen molar-refractivity contribution in [2.24, 2.45) is 4.47 Å². The standard InChI is InChI=1S/C20H40FN3O7SSi3/c1-32(2,27)22-24-18(25)14(21)12-23(20(24)26)19-17(31-35(9,10)11)16(30-34(6,7)8)15(29-19)13-28-33(3,4)5/h12,15-17,19H,13H2,1-11H3/t15-,16-,17-,19-/m1/s1. The van der Waals surface area contributed by atoms with Crippen molar-refractivity contribution in [3.8, 4) is 0 Å². The van der Waals surface area contributed by atoms with Crippen molar-refractivity contribution in [2.45, 2.75) is 83.5 Å². The van der Waals surface area contributed by atoms with Gasteiger partial charge in [-0.15, -0.1) is 9.15 Å². The number of halogens is 1. The van der Waals surface area contributed by atoms with E-state index in [4.69, 9.17) is 18.0 Å². The molecule has 0 aliphatic carbocycles. The molecule has 0 spiro atoms. The fourth-order valence-corrected chi connectivity index (χ4v) is 6.83. The van der Waals surface area contributed by atoms with Crippen LogP contribution >= 0.6 is 0 Å². The molecule has 0 amide bonds. The second-order valence-corrected chi connectivity index (χ2v) is 27.9. The van der Waals surface area contributed by atoms with Gasteiger partial charge in [-0.3, -0.25) is 9.36 Å². The van der Waals surface area contributed by atoms with Crippen molar-refractivity contribution in [1.82, 2.24) is 9.24 Å². The Balaban J connectivity index is 2.71. The van der Waals surface area contributed by atoms with E-state index in [0.29, 0.717) is 4.68 Å². The van der Waals surface area contributed by atoms with Gasteiger partial charge < -0.3 is 18.0 Å². The van der Waals surface area contributed by atoms with Gasteiger partial charge in [0.15, 0.2) is 31.2 Å². The molecule has 1 fully saturated rings. The molecule has 0 radical (unpaired) electrons. The van der Waals surface area contributed by atoms with E-state index in [1.54, 1.807) is 0 Å². The average Bonchev–Trinajstić information content (AvgIpc) is 2.93. The molecule has 1 aromatic rings. The van der Waals surface area contributed by atoms with Gasteiger partial charge in [0.05, 0.1) is 22.5 Å². The maximum atomic E-state index is 14.7. The minimum absolute atomic E-state index is 0.214. The lowest BCUT2D eigenvalue weighted by Gasteiger charge is -2.34. The van der Waals surface area contributed by atoms with Crippen LogP contribution < -0.4 is 11.2 Å². The average molecular weight is 570 g/mol. The van der Waals surface area contributed by atoms with Gasteiger partial charge in [0.2, 0.25) is 5.82 Å². The lowest BCUT2D eigenvalue weighted by Crippen LogP contribution is -2.50. The first-order valence-corrected chi connectivity index (χ1v) is 24.0. The van der Waals surface area contributed by atoms with Crippen LogP contribution in [0.25, 0.3) is 0 Å². The van der Waals surface area contributed by atoms with Crippen LogP contribution in [0, 0.1) is 5.82 Å². The number of rotatable bonds is 9. The summed E-state index contributed by atoms with van der Waals surface area (Å²) in [6.45, 7) is 18.4. The maximum absolute atomic E-state index is 14.7. The maximum Gasteiger partial charge on any atom is 0.355 e. The normalized spacial score (nSPS) is 24.1.